The van der Waals surface area contributed by atoms with Crippen LogP contribution in [-0.4, -0.2) is 86.0 Å². The molecule has 10 heteroatoms. The summed E-state index contributed by atoms with van der Waals surface area (Å²) in [5, 5.41) is 11.4. The maximum absolute atomic E-state index is 13.6. The molecule has 9 nitrogen and oxygen atoms in total. The number of alkyl halides is 1. The highest BCUT2D eigenvalue weighted by atomic mass is 19.1. The molecule has 0 spiro atoms. The molecule has 4 fully saturated rings. The molecule has 0 aromatic heterocycles. The predicted octanol–water partition coefficient (Wildman–Crippen LogP) is -2.06. The van der Waals surface area contributed by atoms with Crippen molar-refractivity contribution in [3.63, 3.8) is 0 Å². The van der Waals surface area contributed by atoms with E-state index in [4.69, 9.17) is 5.73 Å². The van der Waals surface area contributed by atoms with Gasteiger partial charge in [0, 0.05) is 45.7 Å². The van der Waals surface area contributed by atoms with Crippen molar-refractivity contribution in [3.05, 3.63) is 0 Å². The fourth-order valence-electron chi connectivity index (χ4n) is 5.19. The maximum Gasteiger partial charge on any atom is 0.229 e. The number of fused-ring (bicyclic) bond motifs is 1. The zero-order valence-electron chi connectivity index (χ0n) is 16.4. The molecule has 4 aliphatic rings. The quantitative estimate of drug-likeness (QED) is 0.372. The van der Waals surface area contributed by atoms with E-state index in [1.807, 2.05) is 7.05 Å². The lowest BCUT2D eigenvalue weighted by atomic mass is 9.76. The molecule has 28 heavy (non-hydrogen) atoms. The Morgan fingerprint density at radius 2 is 2.14 bits per heavy atom. The van der Waals surface area contributed by atoms with Gasteiger partial charge in [-0.15, -0.1) is 0 Å². The molecule has 4 rings (SSSR count). The topological polar surface area (TPSA) is 115 Å². The Bertz CT molecular complexity index is 608. The van der Waals surface area contributed by atoms with Crippen LogP contribution in [0.25, 0.3) is 0 Å². The Morgan fingerprint density at radius 1 is 1.32 bits per heavy atom. The fourth-order valence-corrected chi connectivity index (χ4v) is 5.19. The van der Waals surface area contributed by atoms with Gasteiger partial charge < -0.3 is 21.3 Å². The second-order valence-corrected chi connectivity index (χ2v) is 8.62. The van der Waals surface area contributed by atoms with E-state index in [-0.39, 0.29) is 43.0 Å². The molecule has 0 aliphatic carbocycles. The van der Waals surface area contributed by atoms with Gasteiger partial charge in [0.05, 0.1) is 18.2 Å². The molecule has 2 amide bonds. The molecular weight excluding hydrogens is 365 g/mol. The lowest BCUT2D eigenvalue weighted by molar-refractivity contribution is -0.134. The summed E-state index contributed by atoms with van der Waals surface area (Å²) in [6.45, 7) is 2.82. The number of hydrazine groups is 1. The summed E-state index contributed by atoms with van der Waals surface area (Å²) in [5.74, 6) is 0.149. The van der Waals surface area contributed by atoms with Crippen LogP contribution >= 0.6 is 0 Å². The molecule has 0 aromatic carbocycles. The van der Waals surface area contributed by atoms with Gasteiger partial charge in [0.15, 0.2) is 0 Å². The second-order valence-electron chi connectivity index (χ2n) is 8.62. The molecular formula is C18H32FN7O2. The number of nitrogens with one attached hydrogen (secondary N) is 4. The van der Waals surface area contributed by atoms with Crippen molar-refractivity contribution in [1.29, 1.82) is 0 Å². The molecule has 0 aromatic rings. The Hall–Kier alpha value is -1.33. The monoisotopic (exact) mass is 397 g/mol. The summed E-state index contributed by atoms with van der Waals surface area (Å²) < 4.78 is 13.6. The van der Waals surface area contributed by atoms with Gasteiger partial charge in [0.1, 0.15) is 6.17 Å². The molecule has 4 aliphatic heterocycles. The Labute approximate surface area is 164 Å². The summed E-state index contributed by atoms with van der Waals surface area (Å²) in [6.07, 6.45) is 0.628. The fraction of sp³-hybridized carbons (Fsp3) is 0.889. The smallest absolute Gasteiger partial charge is 0.229 e. The largest absolute Gasteiger partial charge is 0.351 e. The SMILES string of the molecule is CN1CCC(C2CCNCC2NC(=O)C2C(N)NN3CC(F)CNC23)CC1=O. The van der Waals surface area contributed by atoms with Crippen LogP contribution in [-0.2, 0) is 9.59 Å². The molecule has 7 unspecified atom stereocenters. The average molecular weight is 397 g/mol. The number of nitrogens with zero attached hydrogens (tertiary/aromatic N) is 2. The average Bonchev–Trinajstić information content (AvgIpc) is 2.99. The van der Waals surface area contributed by atoms with E-state index in [9.17, 15) is 14.0 Å². The van der Waals surface area contributed by atoms with E-state index in [2.05, 4.69) is 21.4 Å². The molecule has 4 saturated heterocycles. The van der Waals surface area contributed by atoms with Crippen molar-refractivity contribution in [2.24, 2.45) is 23.5 Å². The third kappa shape index (κ3) is 3.88. The number of piperidine rings is 2. The van der Waals surface area contributed by atoms with E-state index < -0.39 is 18.3 Å². The van der Waals surface area contributed by atoms with Crippen molar-refractivity contribution in [1.82, 2.24) is 31.3 Å². The lowest BCUT2D eigenvalue weighted by Crippen LogP contribution is -2.61. The van der Waals surface area contributed by atoms with E-state index in [0.717, 1.165) is 25.9 Å². The van der Waals surface area contributed by atoms with E-state index in [0.29, 0.717) is 18.9 Å². The minimum atomic E-state index is -0.980. The first-order valence-corrected chi connectivity index (χ1v) is 10.3. The van der Waals surface area contributed by atoms with Crippen LogP contribution in [0.5, 0.6) is 0 Å². The highest BCUT2D eigenvalue weighted by Gasteiger charge is 2.48. The van der Waals surface area contributed by atoms with Gasteiger partial charge in [-0.3, -0.25) is 14.9 Å². The van der Waals surface area contributed by atoms with Gasteiger partial charge in [0.25, 0.3) is 0 Å². The van der Waals surface area contributed by atoms with Gasteiger partial charge in [-0.25, -0.2) is 14.8 Å². The number of likely N-dealkylation sites (tertiary alicyclic amines) is 1. The van der Waals surface area contributed by atoms with Crippen molar-refractivity contribution in [3.8, 4) is 0 Å². The highest BCUT2D eigenvalue weighted by Crippen LogP contribution is 2.32. The van der Waals surface area contributed by atoms with Crippen molar-refractivity contribution in [2.75, 3.05) is 39.8 Å². The Kier molecular flexibility index (Phi) is 5.84. The highest BCUT2D eigenvalue weighted by molar-refractivity contribution is 5.81. The van der Waals surface area contributed by atoms with Crippen LogP contribution in [0, 0.1) is 17.8 Å². The molecule has 4 heterocycles. The van der Waals surface area contributed by atoms with Crippen molar-refractivity contribution >= 4 is 11.8 Å². The zero-order valence-corrected chi connectivity index (χ0v) is 16.4. The summed E-state index contributed by atoms with van der Waals surface area (Å²) in [7, 11) is 1.85. The van der Waals surface area contributed by atoms with Gasteiger partial charge in [-0.2, -0.15) is 0 Å². The van der Waals surface area contributed by atoms with Crippen LogP contribution in [0.4, 0.5) is 4.39 Å². The predicted molar refractivity (Wildman–Crippen MR) is 101 cm³/mol. The summed E-state index contributed by atoms with van der Waals surface area (Å²) in [6, 6.07) is -0.0266. The molecule has 0 radical (unpaired) electrons. The van der Waals surface area contributed by atoms with Crippen LogP contribution in [0.15, 0.2) is 0 Å². The molecule has 6 N–H and O–H groups in total. The third-order valence-corrected chi connectivity index (χ3v) is 6.79. The number of hydrogen-bond acceptors (Lipinski definition) is 7. The first kappa shape index (κ1) is 20.0. The van der Waals surface area contributed by atoms with Gasteiger partial charge in [-0.1, -0.05) is 0 Å². The van der Waals surface area contributed by atoms with E-state index in [1.54, 1.807) is 9.91 Å². The van der Waals surface area contributed by atoms with Gasteiger partial charge >= 0.3 is 0 Å². The number of carbonyl (C=O) groups is 2. The van der Waals surface area contributed by atoms with Gasteiger partial charge in [-0.05, 0) is 31.2 Å². The van der Waals surface area contributed by atoms with Crippen LogP contribution in [0.1, 0.15) is 19.3 Å². The zero-order chi connectivity index (χ0) is 19.8. The second kappa shape index (κ2) is 8.19. The maximum atomic E-state index is 13.6. The molecule has 0 saturated carbocycles. The van der Waals surface area contributed by atoms with Gasteiger partial charge in [0.2, 0.25) is 11.8 Å². The Morgan fingerprint density at radius 3 is 2.93 bits per heavy atom. The minimum Gasteiger partial charge on any atom is -0.351 e. The minimum absolute atomic E-state index is 0.0266. The number of hydrogen-bond donors (Lipinski definition) is 5. The summed E-state index contributed by atoms with van der Waals surface area (Å²) in [5.41, 5.74) is 9.18. The third-order valence-electron chi connectivity index (χ3n) is 6.79. The van der Waals surface area contributed by atoms with E-state index in [1.165, 1.54) is 0 Å². The van der Waals surface area contributed by atoms with Crippen LogP contribution in [0.3, 0.4) is 0 Å². The molecule has 7 atom stereocenters. The standard InChI is InChI=1S/C18H32FN7O2/c1-25-5-3-10(6-14(25)27)12-2-4-21-8-13(12)23-18(28)15-16(20)24-26-9-11(19)7-22-17(15)26/h10-13,15-17,21-22,24H,2-9,20H2,1H3,(H,23,28). The summed E-state index contributed by atoms with van der Waals surface area (Å²) in [4.78, 5) is 27.1. The van der Waals surface area contributed by atoms with Crippen molar-refractivity contribution in [2.45, 2.75) is 43.8 Å². The van der Waals surface area contributed by atoms with Crippen molar-refractivity contribution < 1.29 is 14.0 Å². The van der Waals surface area contributed by atoms with Crippen LogP contribution < -0.4 is 27.1 Å². The number of amides is 2. The number of rotatable bonds is 3. The van der Waals surface area contributed by atoms with E-state index >= 15 is 0 Å². The van der Waals surface area contributed by atoms with Crippen LogP contribution in [0.2, 0.25) is 0 Å². The number of nitrogens with two attached hydrogens (primary N) is 1. The number of halogens is 1. The first-order chi connectivity index (χ1) is 13.4. The number of carbonyl (C=O) groups excluding carboxylic acids is 2. The first-order valence-electron chi connectivity index (χ1n) is 10.3. The molecule has 0 bridgehead atoms. The Balaban J connectivity index is 1.41. The molecule has 158 valence electrons. The lowest BCUT2D eigenvalue weighted by Gasteiger charge is -2.41. The summed E-state index contributed by atoms with van der Waals surface area (Å²) >= 11 is 0. The normalized spacial score (nSPS) is 42.3.